The molecule has 0 aliphatic carbocycles. The van der Waals surface area contributed by atoms with E-state index in [1.807, 2.05) is 9.71 Å². The number of sulfonamides is 1. The largest absolute Gasteiger partial charge is 0.329 e. The molecule has 2 N–H and O–H groups in total. The zero-order valence-electron chi connectivity index (χ0n) is 10.7. The summed E-state index contributed by atoms with van der Waals surface area (Å²) < 4.78 is 27.1. The molecule has 0 aliphatic heterocycles. The highest BCUT2D eigenvalue weighted by atomic mass is 32.2. The number of aromatic amines is 1. The van der Waals surface area contributed by atoms with Crippen LogP contribution in [0.4, 0.5) is 11.5 Å². The monoisotopic (exact) mass is 310 g/mol. The number of nitrogens with one attached hydrogen (secondary N) is 2. The molecular weight excluding hydrogens is 300 g/mol. The van der Waals surface area contributed by atoms with Crippen molar-refractivity contribution in [2.45, 2.75) is 4.90 Å². The van der Waals surface area contributed by atoms with E-state index < -0.39 is 32.8 Å². The van der Waals surface area contributed by atoms with Gasteiger partial charge in [-0.3, -0.25) is 19.1 Å². The molecule has 1 aromatic carbocycles. The van der Waals surface area contributed by atoms with Gasteiger partial charge in [0.05, 0.1) is 4.90 Å². The van der Waals surface area contributed by atoms with Crippen molar-refractivity contribution < 1.29 is 8.42 Å². The van der Waals surface area contributed by atoms with Crippen molar-refractivity contribution in [3.63, 3.8) is 0 Å². The Morgan fingerprint density at radius 1 is 1.19 bits per heavy atom. The molecule has 0 atom stereocenters. The molecule has 2 aromatic rings. The Labute approximate surface area is 118 Å². The van der Waals surface area contributed by atoms with Crippen LogP contribution >= 0.6 is 0 Å². The normalized spacial score (nSPS) is 11.1. The highest BCUT2D eigenvalue weighted by molar-refractivity contribution is 7.92. The van der Waals surface area contributed by atoms with Gasteiger partial charge in [-0.05, 0) is 17.3 Å². The summed E-state index contributed by atoms with van der Waals surface area (Å²) in [5.41, 5.74) is -2.67. The Bertz CT molecular complexity index is 898. The zero-order valence-corrected chi connectivity index (χ0v) is 11.5. The van der Waals surface area contributed by atoms with Gasteiger partial charge in [-0.2, -0.15) is 0 Å². The first-order chi connectivity index (χ1) is 9.86. The fraction of sp³-hybridized carbons (Fsp3) is 0.0909. The van der Waals surface area contributed by atoms with E-state index in [0.717, 1.165) is 4.57 Å². The first kappa shape index (κ1) is 14.7. The van der Waals surface area contributed by atoms with Gasteiger partial charge in [-0.1, -0.05) is 18.2 Å². The molecular formula is C11H10N4O5S. The van der Waals surface area contributed by atoms with Gasteiger partial charge in [0.25, 0.3) is 15.6 Å². The third kappa shape index (κ3) is 2.74. The lowest BCUT2D eigenvalue weighted by Gasteiger charge is -2.11. The van der Waals surface area contributed by atoms with E-state index in [1.54, 1.807) is 6.07 Å². The van der Waals surface area contributed by atoms with Crippen molar-refractivity contribution in [2.24, 2.45) is 12.2 Å². The molecule has 9 nitrogen and oxygen atoms in total. The van der Waals surface area contributed by atoms with E-state index >= 15 is 0 Å². The van der Waals surface area contributed by atoms with E-state index in [4.69, 9.17) is 0 Å². The highest BCUT2D eigenvalue weighted by Gasteiger charge is 2.21. The van der Waals surface area contributed by atoms with Crippen molar-refractivity contribution in [2.75, 3.05) is 4.72 Å². The number of hydrogen-bond donors (Lipinski definition) is 2. The van der Waals surface area contributed by atoms with Gasteiger partial charge in [0.2, 0.25) is 5.69 Å². The van der Waals surface area contributed by atoms with Crippen molar-refractivity contribution in [1.29, 1.82) is 0 Å². The lowest BCUT2D eigenvalue weighted by atomic mass is 10.4. The minimum atomic E-state index is -4.06. The summed E-state index contributed by atoms with van der Waals surface area (Å²) in [5.74, 6) is -0.498. The topological polar surface area (TPSA) is 130 Å². The second kappa shape index (κ2) is 5.32. The maximum absolute atomic E-state index is 12.2. The molecule has 1 heterocycles. The van der Waals surface area contributed by atoms with Crippen LogP contribution in [-0.4, -0.2) is 18.0 Å². The third-order valence-corrected chi connectivity index (χ3v) is 4.03. The molecule has 110 valence electrons. The summed E-state index contributed by atoms with van der Waals surface area (Å²) in [6, 6.07) is 7.28. The second-order valence-corrected chi connectivity index (χ2v) is 5.71. The molecule has 0 amide bonds. The van der Waals surface area contributed by atoms with Crippen molar-refractivity contribution in [1.82, 2.24) is 9.55 Å². The van der Waals surface area contributed by atoms with Crippen LogP contribution in [0.25, 0.3) is 0 Å². The van der Waals surface area contributed by atoms with Gasteiger partial charge in [0, 0.05) is 7.05 Å². The average molecular weight is 310 g/mol. The third-order valence-electron chi connectivity index (χ3n) is 2.68. The Kier molecular flexibility index (Phi) is 3.72. The minimum Gasteiger partial charge on any atom is -0.280 e. The lowest BCUT2D eigenvalue weighted by molar-refractivity contribution is 0.600. The van der Waals surface area contributed by atoms with Crippen molar-refractivity contribution in [3.8, 4) is 0 Å². The van der Waals surface area contributed by atoms with Crippen LogP contribution in [0.2, 0.25) is 0 Å². The lowest BCUT2D eigenvalue weighted by Crippen LogP contribution is -2.31. The molecule has 0 spiro atoms. The van der Waals surface area contributed by atoms with E-state index in [-0.39, 0.29) is 4.90 Å². The molecule has 0 saturated carbocycles. The van der Waals surface area contributed by atoms with Crippen LogP contribution in [0.3, 0.4) is 0 Å². The fourth-order valence-corrected chi connectivity index (χ4v) is 2.72. The molecule has 0 radical (unpaired) electrons. The highest BCUT2D eigenvalue weighted by Crippen LogP contribution is 2.21. The molecule has 1 aromatic heterocycles. The number of nitrogens with zero attached hydrogens (tertiary/aromatic N) is 2. The number of benzene rings is 1. The Morgan fingerprint density at radius 3 is 2.38 bits per heavy atom. The van der Waals surface area contributed by atoms with Crippen LogP contribution in [-0.2, 0) is 17.1 Å². The van der Waals surface area contributed by atoms with Gasteiger partial charge >= 0.3 is 5.69 Å². The number of anilines is 1. The van der Waals surface area contributed by atoms with Crippen molar-refractivity contribution >= 4 is 21.5 Å². The van der Waals surface area contributed by atoms with Gasteiger partial charge in [-0.25, -0.2) is 13.2 Å². The Balaban J connectivity index is 2.62. The summed E-state index contributed by atoms with van der Waals surface area (Å²) in [4.78, 5) is 35.4. The second-order valence-electron chi connectivity index (χ2n) is 4.03. The van der Waals surface area contributed by atoms with Crippen LogP contribution in [0.15, 0.2) is 50.0 Å². The van der Waals surface area contributed by atoms with E-state index in [0.29, 0.717) is 0 Å². The van der Waals surface area contributed by atoms with Crippen molar-refractivity contribution in [3.05, 3.63) is 56.1 Å². The number of rotatable bonds is 4. The summed E-state index contributed by atoms with van der Waals surface area (Å²) in [5, 5.41) is 2.47. The van der Waals surface area contributed by atoms with E-state index in [1.165, 1.54) is 31.3 Å². The molecule has 10 heteroatoms. The summed E-state index contributed by atoms with van der Waals surface area (Å²) >= 11 is 0. The average Bonchev–Trinajstić information content (AvgIpc) is 2.45. The van der Waals surface area contributed by atoms with Gasteiger partial charge in [-0.15, -0.1) is 4.91 Å². The smallest absolute Gasteiger partial charge is 0.280 e. The quantitative estimate of drug-likeness (QED) is 0.783. The molecule has 0 bridgehead atoms. The predicted molar refractivity (Wildman–Crippen MR) is 75.0 cm³/mol. The molecule has 0 saturated heterocycles. The number of nitroso groups, excluding NO2 is 1. The molecule has 21 heavy (non-hydrogen) atoms. The standard InChI is InChI=1S/C11H10N4O5S/c1-15-9(8(13-18)10(16)12-11(15)17)14-21(19,20)7-5-3-2-4-6-7/h2-6,14H,1H3,(H,12,16,17). The maximum Gasteiger partial charge on any atom is 0.329 e. The van der Waals surface area contributed by atoms with E-state index in [9.17, 15) is 22.9 Å². The predicted octanol–water partition coefficient (Wildman–Crippen LogP) is 0.272. The first-order valence-electron chi connectivity index (χ1n) is 5.61. The van der Waals surface area contributed by atoms with Gasteiger partial charge in [0.1, 0.15) is 0 Å². The molecule has 2 rings (SSSR count). The fourth-order valence-electron chi connectivity index (χ4n) is 1.60. The van der Waals surface area contributed by atoms with Crippen LogP contribution < -0.4 is 16.0 Å². The van der Waals surface area contributed by atoms with Gasteiger partial charge < -0.3 is 0 Å². The maximum atomic E-state index is 12.2. The summed E-state index contributed by atoms with van der Waals surface area (Å²) in [6.07, 6.45) is 0. The van der Waals surface area contributed by atoms with Crippen LogP contribution in [0.5, 0.6) is 0 Å². The summed E-state index contributed by atoms with van der Waals surface area (Å²) in [6.45, 7) is 0. The molecule has 0 fully saturated rings. The Morgan fingerprint density at radius 2 is 1.81 bits per heavy atom. The zero-order chi connectivity index (χ0) is 15.6. The first-order valence-corrected chi connectivity index (χ1v) is 7.09. The van der Waals surface area contributed by atoms with Crippen LogP contribution in [0.1, 0.15) is 0 Å². The van der Waals surface area contributed by atoms with Gasteiger partial charge in [0.15, 0.2) is 5.82 Å². The Hall–Kier alpha value is -2.75. The molecule has 0 aliphatic rings. The number of aromatic nitrogens is 2. The number of H-pyrrole nitrogens is 1. The van der Waals surface area contributed by atoms with E-state index in [2.05, 4.69) is 5.18 Å². The van der Waals surface area contributed by atoms with Crippen LogP contribution in [0, 0.1) is 4.91 Å². The SMILES string of the molecule is Cn1c(NS(=O)(=O)c2ccccc2)c(N=O)c(=O)[nH]c1=O. The number of hydrogen-bond acceptors (Lipinski definition) is 6. The minimum absolute atomic E-state index is 0.0884. The summed E-state index contributed by atoms with van der Waals surface area (Å²) in [7, 11) is -2.87. The molecule has 0 unspecified atom stereocenters.